The molecular formula is C21H26N2O5S. The molecule has 2 aromatic rings. The molecule has 0 atom stereocenters. The van der Waals surface area contributed by atoms with Crippen LogP contribution in [0.5, 0.6) is 5.75 Å². The maximum absolute atomic E-state index is 13.4. The fourth-order valence-electron chi connectivity index (χ4n) is 3.39. The largest absolute Gasteiger partial charge is 0.496 e. The van der Waals surface area contributed by atoms with Gasteiger partial charge in [0.25, 0.3) is 5.91 Å². The van der Waals surface area contributed by atoms with Crippen LogP contribution in [0.1, 0.15) is 22.8 Å². The summed E-state index contributed by atoms with van der Waals surface area (Å²) in [6, 6.07) is 12.0. The highest BCUT2D eigenvalue weighted by atomic mass is 32.2. The van der Waals surface area contributed by atoms with Crippen molar-refractivity contribution in [2.24, 2.45) is 0 Å². The summed E-state index contributed by atoms with van der Waals surface area (Å²) in [5.41, 5.74) is 1.95. The summed E-state index contributed by atoms with van der Waals surface area (Å²) in [6.45, 7) is 5.56. The third kappa shape index (κ3) is 4.29. The number of anilines is 1. The van der Waals surface area contributed by atoms with Gasteiger partial charge in [-0.3, -0.25) is 4.79 Å². The number of hydrogen-bond acceptors (Lipinski definition) is 5. The zero-order valence-corrected chi connectivity index (χ0v) is 17.7. The maximum Gasteiger partial charge on any atom is 0.262 e. The van der Waals surface area contributed by atoms with Gasteiger partial charge in [0.05, 0.1) is 30.8 Å². The van der Waals surface area contributed by atoms with E-state index in [-0.39, 0.29) is 16.4 Å². The third-order valence-electron chi connectivity index (χ3n) is 4.98. The second kappa shape index (κ2) is 8.94. The van der Waals surface area contributed by atoms with Crippen LogP contribution < -0.4 is 9.64 Å². The van der Waals surface area contributed by atoms with Crippen molar-refractivity contribution in [3.63, 3.8) is 0 Å². The molecule has 1 heterocycles. The fourth-order valence-corrected chi connectivity index (χ4v) is 4.82. The average molecular weight is 419 g/mol. The van der Waals surface area contributed by atoms with Gasteiger partial charge in [-0.1, -0.05) is 18.2 Å². The molecule has 1 aliphatic heterocycles. The van der Waals surface area contributed by atoms with E-state index < -0.39 is 10.0 Å². The Hall–Kier alpha value is -2.42. The molecule has 3 rings (SSSR count). The quantitative estimate of drug-likeness (QED) is 0.721. The van der Waals surface area contributed by atoms with Crippen molar-refractivity contribution in [2.75, 3.05) is 44.9 Å². The molecular weight excluding hydrogens is 392 g/mol. The number of para-hydroxylation sites is 1. The van der Waals surface area contributed by atoms with Gasteiger partial charge in [-0.05, 0) is 43.7 Å². The molecule has 0 radical (unpaired) electrons. The highest BCUT2D eigenvalue weighted by Gasteiger charge is 2.29. The Labute approximate surface area is 171 Å². The minimum absolute atomic E-state index is 0.0735. The van der Waals surface area contributed by atoms with Crippen LogP contribution in [0, 0.1) is 6.92 Å². The molecule has 2 aromatic carbocycles. The predicted molar refractivity (Wildman–Crippen MR) is 111 cm³/mol. The molecule has 29 heavy (non-hydrogen) atoms. The van der Waals surface area contributed by atoms with E-state index >= 15 is 0 Å². The SMILES string of the molecule is CCN(C(=O)c1cc(S(=O)(=O)N2CCOCC2)ccc1OC)c1ccccc1C. The summed E-state index contributed by atoms with van der Waals surface area (Å²) in [6.07, 6.45) is 0. The first-order valence-electron chi connectivity index (χ1n) is 9.53. The van der Waals surface area contributed by atoms with Crippen LogP contribution in [0.3, 0.4) is 0 Å². The van der Waals surface area contributed by atoms with Crippen LogP contribution in [0.2, 0.25) is 0 Å². The van der Waals surface area contributed by atoms with E-state index in [2.05, 4.69) is 0 Å². The second-order valence-corrected chi connectivity index (χ2v) is 8.65. The van der Waals surface area contributed by atoms with Crippen LogP contribution in [0.15, 0.2) is 47.4 Å². The summed E-state index contributed by atoms with van der Waals surface area (Å²) in [5.74, 6) is 0.0284. The number of morpholine rings is 1. The highest BCUT2D eigenvalue weighted by Crippen LogP contribution is 2.29. The summed E-state index contributed by atoms with van der Waals surface area (Å²) < 4.78 is 38.1. The summed E-state index contributed by atoms with van der Waals surface area (Å²) >= 11 is 0. The second-order valence-electron chi connectivity index (χ2n) is 6.71. The van der Waals surface area contributed by atoms with Gasteiger partial charge in [-0.15, -0.1) is 0 Å². The van der Waals surface area contributed by atoms with Crippen molar-refractivity contribution in [1.82, 2.24) is 4.31 Å². The lowest BCUT2D eigenvalue weighted by Gasteiger charge is -2.27. The number of aryl methyl sites for hydroxylation is 1. The Morgan fingerprint density at radius 1 is 1.17 bits per heavy atom. The number of amides is 1. The first-order chi connectivity index (χ1) is 13.9. The molecule has 1 fully saturated rings. The van der Waals surface area contributed by atoms with Gasteiger partial charge in [-0.25, -0.2) is 8.42 Å². The Balaban J connectivity index is 2.02. The van der Waals surface area contributed by atoms with Crippen LogP contribution in [-0.4, -0.2) is 58.6 Å². The summed E-state index contributed by atoms with van der Waals surface area (Å²) in [5, 5.41) is 0. The van der Waals surface area contributed by atoms with Gasteiger partial charge in [-0.2, -0.15) is 4.31 Å². The third-order valence-corrected chi connectivity index (χ3v) is 6.87. The Morgan fingerprint density at radius 2 is 1.86 bits per heavy atom. The molecule has 0 aliphatic carbocycles. The molecule has 1 saturated heterocycles. The van der Waals surface area contributed by atoms with Crippen molar-refractivity contribution >= 4 is 21.6 Å². The predicted octanol–water partition coefficient (Wildman–Crippen LogP) is 2.69. The van der Waals surface area contributed by atoms with Crippen LogP contribution >= 0.6 is 0 Å². The van der Waals surface area contributed by atoms with Crippen LogP contribution in [-0.2, 0) is 14.8 Å². The van der Waals surface area contributed by atoms with Gasteiger partial charge < -0.3 is 14.4 Å². The number of nitrogens with zero attached hydrogens (tertiary/aromatic N) is 2. The van der Waals surface area contributed by atoms with E-state index in [1.807, 2.05) is 38.1 Å². The number of rotatable bonds is 6. The van der Waals surface area contributed by atoms with Crippen LogP contribution in [0.25, 0.3) is 0 Å². The van der Waals surface area contributed by atoms with Gasteiger partial charge in [0, 0.05) is 25.3 Å². The number of hydrogen-bond donors (Lipinski definition) is 0. The standard InChI is InChI=1S/C21H26N2O5S/c1-4-23(19-8-6-5-7-16(19)2)21(24)18-15-17(9-10-20(18)27-3)29(25,26)22-11-13-28-14-12-22/h5-10,15H,4,11-14H2,1-3H3. The van der Waals surface area contributed by atoms with Crippen molar-refractivity contribution < 1.29 is 22.7 Å². The average Bonchev–Trinajstić information content (AvgIpc) is 2.75. The Bertz CT molecular complexity index is 984. The number of benzene rings is 2. The number of ether oxygens (including phenoxy) is 2. The van der Waals surface area contributed by atoms with Crippen molar-refractivity contribution in [2.45, 2.75) is 18.7 Å². The molecule has 0 unspecified atom stereocenters. The van der Waals surface area contributed by atoms with E-state index in [0.717, 1.165) is 11.3 Å². The summed E-state index contributed by atoms with van der Waals surface area (Å²) in [7, 11) is -2.26. The molecule has 1 amide bonds. The molecule has 0 aromatic heterocycles. The zero-order chi connectivity index (χ0) is 21.0. The molecule has 0 saturated carbocycles. The molecule has 0 spiro atoms. The highest BCUT2D eigenvalue weighted by molar-refractivity contribution is 7.89. The number of carbonyl (C=O) groups is 1. The smallest absolute Gasteiger partial charge is 0.262 e. The molecule has 7 nitrogen and oxygen atoms in total. The van der Waals surface area contributed by atoms with Gasteiger partial charge >= 0.3 is 0 Å². The molecule has 0 bridgehead atoms. The topological polar surface area (TPSA) is 76.2 Å². The number of methoxy groups -OCH3 is 1. The normalized spacial score (nSPS) is 15.1. The monoisotopic (exact) mass is 418 g/mol. The van der Waals surface area contributed by atoms with E-state index in [0.29, 0.717) is 38.6 Å². The van der Waals surface area contributed by atoms with Gasteiger partial charge in [0.15, 0.2) is 0 Å². The van der Waals surface area contributed by atoms with E-state index in [4.69, 9.17) is 9.47 Å². The molecule has 0 N–H and O–H groups in total. The Kier molecular flexibility index (Phi) is 6.56. The lowest BCUT2D eigenvalue weighted by Crippen LogP contribution is -2.40. The molecule has 156 valence electrons. The maximum atomic E-state index is 13.4. The minimum Gasteiger partial charge on any atom is -0.496 e. The lowest BCUT2D eigenvalue weighted by molar-refractivity contribution is 0.0730. The first-order valence-corrected chi connectivity index (χ1v) is 11.0. The zero-order valence-electron chi connectivity index (χ0n) is 16.9. The first kappa shape index (κ1) is 21.3. The van der Waals surface area contributed by atoms with E-state index in [1.165, 1.54) is 29.6 Å². The summed E-state index contributed by atoms with van der Waals surface area (Å²) in [4.78, 5) is 15.1. The number of sulfonamides is 1. The minimum atomic E-state index is -3.72. The van der Waals surface area contributed by atoms with E-state index in [9.17, 15) is 13.2 Å². The van der Waals surface area contributed by atoms with Gasteiger partial charge in [0.2, 0.25) is 10.0 Å². The van der Waals surface area contributed by atoms with Crippen molar-refractivity contribution in [1.29, 1.82) is 0 Å². The Morgan fingerprint density at radius 3 is 2.48 bits per heavy atom. The van der Waals surface area contributed by atoms with Crippen molar-refractivity contribution in [3.05, 3.63) is 53.6 Å². The van der Waals surface area contributed by atoms with Crippen molar-refractivity contribution in [3.8, 4) is 5.75 Å². The fraction of sp³-hybridized carbons (Fsp3) is 0.381. The molecule has 1 aliphatic rings. The molecule has 8 heteroatoms. The number of carbonyl (C=O) groups excluding carboxylic acids is 1. The van der Waals surface area contributed by atoms with E-state index in [1.54, 1.807) is 4.90 Å². The lowest BCUT2D eigenvalue weighted by atomic mass is 10.1. The van der Waals surface area contributed by atoms with Gasteiger partial charge in [0.1, 0.15) is 5.75 Å². The van der Waals surface area contributed by atoms with Crippen LogP contribution in [0.4, 0.5) is 5.69 Å².